The highest BCUT2D eigenvalue weighted by Crippen LogP contribution is 2.14. The molecule has 0 aromatic carbocycles. The number of aryl methyl sites for hydroxylation is 1. The highest BCUT2D eigenvalue weighted by molar-refractivity contribution is 6.30. The van der Waals surface area contributed by atoms with Gasteiger partial charge in [0.15, 0.2) is 5.82 Å². The first-order valence-corrected chi connectivity index (χ1v) is 4.12. The normalized spacial score (nSPS) is 10.2. The van der Waals surface area contributed by atoms with E-state index in [2.05, 4.69) is 4.98 Å². The third-order valence-electron chi connectivity index (χ3n) is 1.50. The summed E-state index contributed by atoms with van der Waals surface area (Å²) in [7, 11) is 0. The van der Waals surface area contributed by atoms with E-state index >= 15 is 0 Å². The van der Waals surface area contributed by atoms with Crippen molar-refractivity contribution < 1.29 is 4.39 Å². The molecule has 0 spiro atoms. The van der Waals surface area contributed by atoms with Crippen LogP contribution in [-0.4, -0.2) is 11.5 Å². The standard InChI is InChI=1S/C8H10ClFN2/c9-7-4-6(2-1-3-11)12-5-8(7)10/h4-5H,1-3,11H2. The lowest BCUT2D eigenvalue weighted by Gasteiger charge is -1.99. The second kappa shape index (κ2) is 4.38. The molecule has 1 aromatic heterocycles. The fourth-order valence-corrected chi connectivity index (χ4v) is 1.05. The summed E-state index contributed by atoms with van der Waals surface area (Å²) >= 11 is 5.55. The van der Waals surface area contributed by atoms with Crippen LogP contribution in [0.25, 0.3) is 0 Å². The molecule has 0 bridgehead atoms. The molecule has 0 aliphatic carbocycles. The van der Waals surface area contributed by atoms with Crippen LogP contribution in [0.2, 0.25) is 5.02 Å². The largest absolute Gasteiger partial charge is 0.330 e. The predicted octanol–water partition coefficient (Wildman–Crippen LogP) is 1.77. The van der Waals surface area contributed by atoms with E-state index in [-0.39, 0.29) is 5.02 Å². The predicted molar refractivity (Wildman–Crippen MR) is 46.6 cm³/mol. The summed E-state index contributed by atoms with van der Waals surface area (Å²) in [5, 5.41) is 0.122. The highest BCUT2D eigenvalue weighted by Gasteiger charge is 2.01. The van der Waals surface area contributed by atoms with E-state index in [1.807, 2.05) is 0 Å². The quantitative estimate of drug-likeness (QED) is 0.785. The van der Waals surface area contributed by atoms with Crippen molar-refractivity contribution in [1.29, 1.82) is 0 Å². The Bertz CT molecular complexity index is 265. The fourth-order valence-electron chi connectivity index (χ4n) is 0.874. The van der Waals surface area contributed by atoms with Gasteiger partial charge < -0.3 is 5.73 Å². The van der Waals surface area contributed by atoms with E-state index in [4.69, 9.17) is 17.3 Å². The minimum Gasteiger partial charge on any atom is -0.330 e. The molecule has 66 valence electrons. The van der Waals surface area contributed by atoms with Gasteiger partial charge in [-0.1, -0.05) is 11.6 Å². The summed E-state index contributed by atoms with van der Waals surface area (Å²) in [5.74, 6) is -0.479. The van der Waals surface area contributed by atoms with Gasteiger partial charge in [-0.05, 0) is 25.5 Å². The SMILES string of the molecule is NCCCc1cc(Cl)c(F)cn1. The molecule has 2 N–H and O–H groups in total. The lowest BCUT2D eigenvalue weighted by molar-refractivity contribution is 0.618. The van der Waals surface area contributed by atoms with Crippen molar-refractivity contribution in [2.75, 3.05) is 6.54 Å². The zero-order valence-corrected chi connectivity index (χ0v) is 7.31. The van der Waals surface area contributed by atoms with E-state index in [9.17, 15) is 4.39 Å². The van der Waals surface area contributed by atoms with E-state index in [0.717, 1.165) is 24.7 Å². The third kappa shape index (κ3) is 2.43. The van der Waals surface area contributed by atoms with Gasteiger partial charge in [0.1, 0.15) is 0 Å². The lowest BCUT2D eigenvalue weighted by atomic mass is 10.2. The first kappa shape index (κ1) is 9.42. The van der Waals surface area contributed by atoms with Gasteiger partial charge in [0.2, 0.25) is 0 Å². The number of aromatic nitrogens is 1. The molecule has 2 nitrogen and oxygen atoms in total. The van der Waals surface area contributed by atoms with Crippen LogP contribution in [0.15, 0.2) is 12.3 Å². The van der Waals surface area contributed by atoms with Gasteiger partial charge in [0.25, 0.3) is 0 Å². The first-order valence-electron chi connectivity index (χ1n) is 3.74. The van der Waals surface area contributed by atoms with Gasteiger partial charge in [-0.3, -0.25) is 4.98 Å². The molecule has 1 aromatic rings. The van der Waals surface area contributed by atoms with Crippen LogP contribution in [-0.2, 0) is 6.42 Å². The zero-order chi connectivity index (χ0) is 8.97. The number of halogens is 2. The Kier molecular flexibility index (Phi) is 3.44. The van der Waals surface area contributed by atoms with Crippen LogP contribution in [0.5, 0.6) is 0 Å². The molecule has 0 aliphatic rings. The summed E-state index contributed by atoms with van der Waals surface area (Å²) in [4.78, 5) is 3.86. The molecular formula is C8H10ClFN2. The van der Waals surface area contributed by atoms with Gasteiger partial charge in [0.05, 0.1) is 11.2 Å². The Labute approximate surface area is 75.6 Å². The minimum absolute atomic E-state index is 0.122. The monoisotopic (exact) mass is 188 g/mol. The van der Waals surface area contributed by atoms with Crippen molar-refractivity contribution in [3.63, 3.8) is 0 Å². The van der Waals surface area contributed by atoms with Crippen LogP contribution in [0, 0.1) is 5.82 Å². The van der Waals surface area contributed by atoms with Crippen molar-refractivity contribution in [2.24, 2.45) is 5.73 Å². The lowest BCUT2D eigenvalue weighted by Crippen LogP contribution is -2.01. The van der Waals surface area contributed by atoms with Gasteiger partial charge in [-0.2, -0.15) is 0 Å². The number of nitrogens with two attached hydrogens (primary N) is 1. The molecule has 0 radical (unpaired) electrons. The Morgan fingerprint density at radius 2 is 2.33 bits per heavy atom. The zero-order valence-electron chi connectivity index (χ0n) is 6.56. The molecule has 0 saturated carbocycles. The molecule has 0 saturated heterocycles. The minimum atomic E-state index is -0.479. The summed E-state index contributed by atoms with van der Waals surface area (Å²) in [6, 6.07) is 1.53. The maximum Gasteiger partial charge on any atom is 0.160 e. The highest BCUT2D eigenvalue weighted by atomic mass is 35.5. The van der Waals surface area contributed by atoms with E-state index in [1.165, 1.54) is 6.07 Å². The maximum absolute atomic E-state index is 12.6. The summed E-state index contributed by atoms with van der Waals surface area (Å²) in [6.45, 7) is 0.608. The third-order valence-corrected chi connectivity index (χ3v) is 1.79. The average molecular weight is 189 g/mol. The Morgan fingerprint density at radius 3 is 2.92 bits per heavy atom. The second-order valence-electron chi connectivity index (χ2n) is 2.48. The van der Waals surface area contributed by atoms with Crippen LogP contribution >= 0.6 is 11.6 Å². The van der Waals surface area contributed by atoms with Crippen molar-refractivity contribution >= 4 is 11.6 Å². The van der Waals surface area contributed by atoms with Gasteiger partial charge in [-0.25, -0.2) is 4.39 Å². The molecule has 0 fully saturated rings. The van der Waals surface area contributed by atoms with Gasteiger partial charge in [0, 0.05) is 5.69 Å². The maximum atomic E-state index is 12.6. The number of rotatable bonds is 3. The van der Waals surface area contributed by atoms with Gasteiger partial charge >= 0.3 is 0 Å². The summed E-state index contributed by atoms with van der Waals surface area (Å²) < 4.78 is 12.6. The van der Waals surface area contributed by atoms with E-state index in [0.29, 0.717) is 6.54 Å². The molecule has 12 heavy (non-hydrogen) atoms. The van der Waals surface area contributed by atoms with Crippen LogP contribution < -0.4 is 5.73 Å². The number of hydrogen-bond donors (Lipinski definition) is 1. The second-order valence-corrected chi connectivity index (χ2v) is 2.89. The molecule has 1 heterocycles. The van der Waals surface area contributed by atoms with Crippen molar-refractivity contribution in [2.45, 2.75) is 12.8 Å². The van der Waals surface area contributed by atoms with E-state index < -0.39 is 5.82 Å². The van der Waals surface area contributed by atoms with Crippen LogP contribution in [0.1, 0.15) is 12.1 Å². The average Bonchev–Trinajstić information content (AvgIpc) is 2.07. The molecule has 0 amide bonds. The molecule has 1 rings (SSSR count). The number of pyridine rings is 1. The Hall–Kier alpha value is -0.670. The molecular weight excluding hydrogens is 179 g/mol. The van der Waals surface area contributed by atoms with Crippen LogP contribution in [0.4, 0.5) is 4.39 Å². The topological polar surface area (TPSA) is 38.9 Å². The van der Waals surface area contributed by atoms with E-state index in [1.54, 1.807) is 0 Å². The number of hydrogen-bond acceptors (Lipinski definition) is 2. The smallest absolute Gasteiger partial charge is 0.160 e. The summed E-state index contributed by atoms with van der Waals surface area (Å²) in [5.41, 5.74) is 6.09. The summed E-state index contributed by atoms with van der Waals surface area (Å²) in [6.07, 6.45) is 2.72. The molecule has 0 aliphatic heterocycles. The molecule has 0 unspecified atom stereocenters. The molecule has 4 heteroatoms. The Morgan fingerprint density at radius 1 is 1.58 bits per heavy atom. The van der Waals surface area contributed by atoms with Gasteiger partial charge in [-0.15, -0.1) is 0 Å². The molecule has 0 atom stereocenters. The van der Waals surface area contributed by atoms with Crippen molar-refractivity contribution in [3.8, 4) is 0 Å². The van der Waals surface area contributed by atoms with Crippen LogP contribution in [0.3, 0.4) is 0 Å². The number of nitrogens with zero attached hydrogens (tertiary/aromatic N) is 1. The first-order chi connectivity index (χ1) is 5.74. The van der Waals surface area contributed by atoms with Crippen molar-refractivity contribution in [3.05, 3.63) is 28.8 Å². The van der Waals surface area contributed by atoms with Crippen molar-refractivity contribution in [1.82, 2.24) is 4.98 Å². The Balaban J connectivity index is 2.69. The fraction of sp³-hybridized carbons (Fsp3) is 0.375.